The highest BCUT2D eigenvalue weighted by Crippen LogP contribution is 2.26. The van der Waals surface area contributed by atoms with Gasteiger partial charge in [-0.3, -0.25) is 0 Å². The first-order valence-electron chi connectivity index (χ1n) is 8.91. The number of urea groups is 1. The Morgan fingerprint density at radius 1 is 1.04 bits per heavy atom. The van der Waals surface area contributed by atoms with Crippen LogP contribution in [0.25, 0.3) is 10.9 Å². The smallest absolute Gasteiger partial charge is 0.320 e. The van der Waals surface area contributed by atoms with Gasteiger partial charge < -0.3 is 9.80 Å². The quantitative estimate of drug-likeness (QED) is 0.583. The van der Waals surface area contributed by atoms with E-state index in [2.05, 4.69) is 24.0 Å². The molecule has 0 aliphatic rings. The van der Waals surface area contributed by atoms with Gasteiger partial charge in [-0.05, 0) is 37.1 Å². The van der Waals surface area contributed by atoms with Crippen LogP contribution in [0.5, 0.6) is 0 Å². The molecule has 0 atom stereocenters. The van der Waals surface area contributed by atoms with Crippen molar-refractivity contribution in [3.8, 4) is 0 Å². The standard InChI is InChI=1S/C22H24ClN3O/c1-15-10-16(2)20-18(11-15)12-19(21(23)24-20)14-26(22(27)25(3)4)13-17-8-6-5-7-9-17/h5-12H,13-14H2,1-4H3. The minimum absolute atomic E-state index is 0.0598. The summed E-state index contributed by atoms with van der Waals surface area (Å²) in [6, 6.07) is 16.1. The SMILES string of the molecule is Cc1cc(C)c2nc(Cl)c(CN(Cc3ccccc3)C(=O)N(C)C)cc2c1. The van der Waals surface area contributed by atoms with Crippen LogP contribution in [-0.2, 0) is 13.1 Å². The molecule has 4 nitrogen and oxygen atoms in total. The zero-order valence-electron chi connectivity index (χ0n) is 16.2. The first-order valence-corrected chi connectivity index (χ1v) is 9.29. The molecule has 0 fully saturated rings. The Labute approximate surface area is 165 Å². The Kier molecular flexibility index (Phi) is 5.66. The number of pyridine rings is 1. The molecule has 0 saturated heterocycles. The van der Waals surface area contributed by atoms with Crippen LogP contribution in [0.1, 0.15) is 22.3 Å². The van der Waals surface area contributed by atoms with E-state index in [0.717, 1.165) is 27.6 Å². The van der Waals surface area contributed by atoms with Crippen LogP contribution >= 0.6 is 11.6 Å². The molecule has 2 amide bonds. The third-order valence-corrected chi connectivity index (χ3v) is 4.84. The highest BCUT2D eigenvalue weighted by Gasteiger charge is 2.19. The summed E-state index contributed by atoms with van der Waals surface area (Å²) in [7, 11) is 3.51. The largest absolute Gasteiger partial charge is 0.331 e. The van der Waals surface area contributed by atoms with Gasteiger partial charge in [0.2, 0.25) is 0 Å². The molecule has 27 heavy (non-hydrogen) atoms. The van der Waals surface area contributed by atoms with Gasteiger partial charge in [0.25, 0.3) is 0 Å². The van der Waals surface area contributed by atoms with E-state index in [-0.39, 0.29) is 6.03 Å². The van der Waals surface area contributed by atoms with Crippen LogP contribution in [0.4, 0.5) is 4.79 Å². The first kappa shape index (κ1) is 19.2. The van der Waals surface area contributed by atoms with Gasteiger partial charge in [-0.1, -0.05) is 53.6 Å². The van der Waals surface area contributed by atoms with Crippen LogP contribution in [0.15, 0.2) is 48.5 Å². The zero-order valence-corrected chi connectivity index (χ0v) is 16.9. The lowest BCUT2D eigenvalue weighted by Crippen LogP contribution is -2.38. The fraction of sp³-hybridized carbons (Fsp3) is 0.273. The predicted molar refractivity (Wildman–Crippen MR) is 111 cm³/mol. The normalized spacial score (nSPS) is 10.9. The van der Waals surface area contributed by atoms with Gasteiger partial charge >= 0.3 is 6.03 Å². The summed E-state index contributed by atoms with van der Waals surface area (Å²) in [4.78, 5) is 20.7. The first-order chi connectivity index (χ1) is 12.8. The molecule has 2 aromatic carbocycles. The monoisotopic (exact) mass is 381 g/mol. The predicted octanol–water partition coefficient (Wildman–Crippen LogP) is 5.19. The number of aryl methyl sites for hydroxylation is 2. The number of nitrogens with zero attached hydrogens (tertiary/aromatic N) is 3. The number of fused-ring (bicyclic) bond motifs is 1. The second-order valence-corrected chi connectivity index (χ2v) is 7.47. The van der Waals surface area contributed by atoms with Crippen molar-refractivity contribution in [1.29, 1.82) is 0 Å². The molecule has 3 aromatic rings. The summed E-state index contributed by atoms with van der Waals surface area (Å²) in [5.41, 5.74) is 5.11. The molecule has 0 aliphatic carbocycles. The third-order valence-electron chi connectivity index (χ3n) is 4.51. The summed E-state index contributed by atoms with van der Waals surface area (Å²) >= 11 is 6.48. The molecule has 1 aromatic heterocycles. The van der Waals surface area contributed by atoms with Gasteiger partial charge in [0.05, 0.1) is 12.1 Å². The Morgan fingerprint density at radius 3 is 2.41 bits per heavy atom. The number of carbonyl (C=O) groups is 1. The fourth-order valence-corrected chi connectivity index (χ4v) is 3.47. The van der Waals surface area contributed by atoms with E-state index >= 15 is 0 Å². The molecule has 5 heteroatoms. The van der Waals surface area contributed by atoms with Crippen molar-refractivity contribution in [3.05, 3.63) is 75.9 Å². The lowest BCUT2D eigenvalue weighted by Gasteiger charge is -2.26. The van der Waals surface area contributed by atoms with Crippen molar-refractivity contribution in [2.45, 2.75) is 26.9 Å². The average molecular weight is 382 g/mol. The Hall–Kier alpha value is -2.59. The molecule has 0 N–H and O–H groups in total. The van der Waals surface area contributed by atoms with Crippen molar-refractivity contribution < 1.29 is 4.79 Å². The van der Waals surface area contributed by atoms with Gasteiger partial charge in [0.1, 0.15) is 5.15 Å². The Morgan fingerprint density at radius 2 is 1.74 bits per heavy atom. The summed E-state index contributed by atoms with van der Waals surface area (Å²) in [5.74, 6) is 0. The maximum atomic E-state index is 12.7. The number of aromatic nitrogens is 1. The third kappa shape index (κ3) is 4.40. The average Bonchev–Trinajstić information content (AvgIpc) is 2.62. The van der Waals surface area contributed by atoms with Gasteiger partial charge in [-0.2, -0.15) is 0 Å². The van der Waals surface area contributed by atoms with Crippen LogP contribution in [-0.4, -0.2) is 34.9 Å². The molecule has 0 unspecified atom stereocenters. The van der Waals surface area contributed by atoms with Crippen molar-refractivity contribution >= 4 is 28.5 Å². The topological polar surface area (TPSA) is 36.4 Å². The maximum Gasteiger partial charge on any atom is 0.320 e. The maximum absolute atomic E-state index is 12.7. The van der Waals surface area contributed by atoms with E-state index in [1.54, 1.807) is 23.9 Å². The second-order valence-electron chi connectivity index (χ2n) is 7.11. The van der Waals surface area contributed by atoms with E-state index in [1.165, 1.54) is 5.56 Å². The molecule has 0 spiro atoms. The molecule has 0 bridgehead atoms. The Balaban J connectivity index is 1.97. The summed E-state index contributed by atoms with van der Waals surface area (Å²) in [6.45, 7) is 5.02. The van der Waals surface area contributed by atoms with Crippen molar-refractivity contribution in [2.75, 3.05) is 14.1 Å². The van der Waals surface area contributed by atoms with Crippen molar-refractivity contribution in [1.82, 2.24) is 14.8 Å². The minimum Gasteiger partial charge on any atom is -0.331 e. The van der Waals surface area contributed by atoms with E-state index in [4.69, 9.17) is 11.6 Å². The van der Waals surface area contributed by atoms with E-state index in [1.807, 2.05) is 43.3 Å². The highest BCUT2D eigenvalue weighted by atomic mass is 35.5. The van der Waals surface area contributed by atoms with Gasteiger partial charge in [0.15, 0.2) is 0 Å². The molecule has 3 rings (SSSR count). The number of hydrogen-bond donors (Lipinski definition) is 0. The number of rotatable bonds is 4. The number of benzene rings is 2. The zero-order chi connectivity index (χ0) is 19.6. The molecule has 0 aliphatic heterocycles. The summed E-state index contributed by atoms with van der Waals surface area (Å²) < 4.78 is 0. The highest BCUT2D eigenvalue weighted by molar-refractivity contribution is 6.30. The summed E-state index contributed by atoms with van der Waals surface area (Å²) in [6.07, 6.45) is 0. The van der Waals surface area contributed by atoms with E-state index in [9.17, 15) is 4.79 Å². The van der Waals surface area contributed by atoms with Crippen molar-refractivity contribution in [3.63, 3.8) is 0 Å². The van der Waals surface area contributed by atoms with Crippen LogP contribution in [0, 0.1) is 13.8 Å². The minimum atomic E-state index is -0.0598. The van der Waals surface area contributed by atoms with Crippen LogP contribution in [0.2, 0.25) is 5.15 Å². The Bertz CT molecular complexity index is 970. The molecule has 140 valence electrons. The van der Waals surface area contributed by atoms with E-state index in [0.29, 0.717) is 18.2 Å². The fourth-order valence-electron chi connectivity index (χ4n) is 3.27. The van der Waals surface area contributed by atoms with Crippen LogP contribution < -0.4 is 0 Å². The van der Waals surface area contributed by atoms with Gasteiger partial charge in [-0.25, -0.2) is 9.78 Å². The molecule has 0 radical (unpaired) electrons. The van der Waals surface area contributed by atoms with Crippen LogP contribution in [0.3, 0.4) is 0 Å². The molecular formula is C22H24ClN3O. The molecule has 1 heterocycles. The lowest BCUT2D eigenvalue weighted by molar-refractivity contribution is 0.165. The number of hydrogen-bond acceptors (Lipinski definition) is 2. The number of halogens is 1. The molecular weight excluding hydrogens is 358 g/mol. The lowest BCUT2D eigenvalue weighted by atomic mass is 10.1. The van der Waals surface area contributed by atoms with Gasteiger partial charge in [-0.15, -0.1) is 0 Å². The molecule has 0 saturated carbocycles. The second kappa shape index (κ2) is 7.97. The number of carbonyl (C=O) groups excluding carboxylic acids is 1. The summed E-state index contributed by atoms with van der Waals surface area (Å²) in [5, 5.41) is 1.49. The van der Waals surface area contributed by atoms with Crippen molar-refractivity contribution in [2.24, 2.45) is 0 Å². The van der Waals surface area contributed by atoms with Gasteiger partial charge in [0, 0.05) is 31.6 Å². The van der Waals surface area contributed by atoms with E-state index < -0.39 is 0 Å². The number of amides is 2.